The third kappa shape index (κ3) is 4.72. The Morgan fingerprint density at radius 3 is 2.67 bits per heavy atom. The lowest BCUT2D eigenvalue weighted by molar-refractivity contribution is -0.120. The van der Waals surface area contributed by atoms with Crippen LogP contribution in [0.3, 0.4) is 0 Å². The Balaban J connectivity index is 1.26. The highest BCUT2D eigenvalue weighted by atomic mass is 35.5. The number of nitrogens with zero attached hydrogens (tertiary/aromatic N) is 2. The predicted octanol–water partition coefficient (Wildman–Crippen LogP) is 2.83. The zero-order valence-corrected chi connectivity index (χ0v) is 17.8. The average molecular weight is 445 g/mol. The Labute approximate surface area is 183 Å². The number of halogens is 1. The largest absolute Gasteiger partial charge is 0.378 e. The van der Waals surface area contributed by atoms with E-state index in [0.29, 0.717) is 29.7 Å². The van der Waals surface area contributed by atoms with Gasteiger partial charge < -0.3 is 20.3 Å². The molecule has 0 spiro atoms. The molecule has 0 bridgehead atoms. The number of anilines is 1. The van der Waals surface area contributed by atoms with Gasteiger partial charge in [-0.15, -0.1) is 11.3 Å². The van der Waals surface area contributed by atoms with Crippen molar-refractivity contribution in [3.63, 3.8) is 0 Å². The van der Waals surface area contributed by atoms with Gasteiger partial charge >= 0.3 is 0 Å². The molecule has 1 aromatic carbocycles. The highest BCUT2D eigenvalue weighted by molar-refractivity contribution is 7.21. The predicted molar refractivity (Wildman–Crippen MR) is 118 cm³/mol. The van der Waals surface area contributed by atoms with Gasteiger partial charge in [-0.25, -0.2) is 4.98 Å². The van der Waals surface area contributed by atoms with Crippen LogP contribution in [0.15, 0.2) is 42.6 Å². The van der Waals surface area contributed by atoms with Gasteiger partial charge in [0.2, 0.25) is 5.91 Å². The van der Waals surface area contributed by atoms with E-state index in [-0.39, 0.29) is 18.4 Å². The summed E-state index contributed by atoms with van der Waals surface area (Å²) in [5.74, 6) is 0.270. The molecule has 1 fully saturated rings. The zero-order valence-electron chi connectivity index (χ0n) is 16.2. The Kier molecular flexibility index (Phi) is 6.47. The maximum atomic E-state index is 12.4. The highest BCUT2D eigenvalue weighted by Gasteiger charge is 2.17. The second-order valence-electron chi connectivity index (χ2n) is 6.82. The Morgan fingerprint density at radius 2 is 1.93 bits per heavy atom. The van der Waals surface area contributed by atoms with Crippen molar-refractivity contribution in [1.29, 1.82) is 0 Å². The molecule has 0 saturated carbocycles. The SMILES string of the molecule is O=C(CNC(=O)c1sc2ccccc2c1Cl)NCc1ccc(N2CCOCC2)nc1. The van der Waals surface area contributed by atoms with E-state index in [9.17, 15) is 9.59 Å². The number of fused-ring (bicyclic) bond motifs is 1. The van der Waals surface area contributed by atoms with E-state index < -0.39 is 0 Å². The molecule has 7 nitrogen and oxygen atoms in total. The standard InChI is InChI=1S/C21H21ClN4O3S/c22-19-15-3-1-2-4-16(15)30-20(19)21(28)25-13-18(27)24-12-14-5-6-17(23-11-14)26-7-9-29-10-8-26/h1-6,11H,7-10,12-13H2,(H,24,27)(H,25,28). The monoisotopic (exact) mass is 444 g/mol. The van der Waals surface area contributed by atoms with Crippen molar-refractivity contribution in [2.24, 2.45) is 0 Å². The summed E-state index contributed by atoms with van der Waals surface area (Å²) in [5.41, 5.74) is 0.888. The lowest BCUT2D eigenvalue weighted by Crippen LogP contribution is -2.37. The van der Waals surface area contributed by atoms with E-state index in [1.165, 1.54) is 11.3 Å². The lowest BCUT2D eigenvalue weighted by atomic mass is 10.2. The van der Waals surface area contributed by atoms with Crippen LogP contribution in [0.4, 0.5) is 5.82 Å². The molecule has 2 aromatic heterocycles. The quantitative estimate of drug-likeness (QED) is 0.610. The van der Waals surface area contributed by atoms with Crippen molar-refractivity contribution >= 4 is 50.7 Å². The Morgan fingerprint density at radius 1 is 1.13 bits per heavy atom. The number of amides is 2. The summed E-state index contributed by atoms with van der Waals surface area (Å²) in [6.45, 7) is 3.28. The van der Waals surface area contributed by atoms with Gasteiger partial charge in [0.25, 0.3) is 5.91 Å². The molecule has 2 N–H and O–H groups in total. The molecule has 30 heavy (non-hydrogen) atoms. The number of nitrogens with one attached hydrogen (secondary N) is 2. The van der Waals surface area contributed by atoms with Gasteiger partial charge in [-0.1, -0.05) is 35.9 Å². The Bertz CT molecular complexity index is 1050. The van der Waals surface area contributed by atoms with Gasteiger partial charge in [-0.2, -0.15) is 0 Å². The molecular formula is C21H21ClN4O3S. The number of hydrogen-bond donors (Lipinski definition) is 2. The number of morpholine rings is 1. The summed E-state index contributed by atoms with van der Waals surface area (Å²) in [6, 6.07) is 11.4. The summed E-state index contributed by atoms with van der Waals surface area (Å²) in [5, 5.41) is 6.68. The molecule has 3 heterocycles. The van der Waals surface area contributed by atoms with Crippen molar-refractivity contribution < 1.29 is 14.3 Å². The average Bonchev–Trinajstić information content (AvgIpc) is 3.14. The van der Waals surface area contributed by atoms with Crippen molar-refractivity contribution in [2.75, 3.05) is 37.7 Å². The molecule has 1 saturated heterocycles. The molecule has 1 aliphatic heterocycles. The second kappa shape index (κ2) is 9.42. The van der Waals surface area contributed by atoms with E-state index in [1.54, 1.807) is 6.20 Å². The molecule has 3 aromatic rings. The minimum absolute atomic E-state index is 0.122. The van der Waals surface area contributed by atoms with Crippen LogP contribution in [0, 0.1) is 0 Å². The molecule has 1 aliphatic rings. The molecule has 0 radical (unpaired) electrons. The van der Waals surface area contributed by atoms with E-state index >= 15 is 0 Å². The fraction of sp³-hybridized carbons (Fsp3) is 0.286. The van der Waals surface area contributed by atoms with Gasteiger partial charge in [-0.05, 0) is 17.7 Å². The number of pyridine rings is 1. The smallest absolute Gasteiger partial charge is 0.263 e. The first-order chi connectivity index (χ1) is 14.6. The molecule has 4 rings (SSSR count). The van der Waals surface area contributed by atoms with Crippen LogP contribution in [0.25, 0.3) is 10.1 Å². The van der Waals surface area contributed by atoms with Gasteiger partial charge in [0, 0.05) is 35.9 Å². The first-order valence-corrected chi connectivity index (χ1v) is 10.8. The molecular weight excluding hydrogens is 424 g/mol. The number of thiophene rings is 1. The summed E-state index contributed by atoms with van der Waals surface area (Å²) in [7, 11) is 0. The number of rotatable bonds is 6. The molecule has 156 valence electrons. The van der Waals surface area contributed by atoms with Crippen molar-refractivity contribution in [3.8, 4) is 0 Å². The number of hydrogen-bond acceptors (Lipinski definition) is 6. The van der Waals surface area contributed by atoms with Gasteiger partial charge in [0.05, 0.1) is 24.8 Å². The van der Waals surface area contributed by atoms with Crippen molar-refractivity contribution in [3.05, 3.63) is 58.1 Å². The summed E-state index contributed by atoms with van der Waals surface area (Å²) < 4.78 is 6.28. The number of aromatic nitrogens is 1. The molecule has 0 unspecified atom stereocenters. The van der Waals surface area contributed by atoms with Crippen LogP contribution < -0.4 is 15.5 Å². The zero-order chi connectivity index (χ0) is 20.9. The third-order valence-electron chi connectivity index (χ3n) is 4.78. The van der Waals surface area contributed by atoms with Crippen molar-refractivity contribution in [2.45, 2.75) is 6.54 Å². The molecule has 0 aliphatic carbocycles. The van der Waals surface area contributed by atoms with Gasteiger partial charge in [-0.3, -0.25) is 9.59 Å². The van der Waals surface area contributed by atoms with Gasteiger partial charge in [0.1, 0.15) is 10.7 Å². The lowest BCUT2D eigenvalue weighted by Gasteiger charge is -2.27. The number of carbonyl (C=O) groups is 2. The van der Waals surface area contributed by atoms with Crippen LogP contribution >= 0.6 is 22.9 Å². The van der Waals surface area contributed by atoms with Crippen LogP contribution in [-0.2, 0) is 16.1 Å². The maximum Gasteiger partial charge on any atom is 0.263 e. The molecule has 9 heteroatoms. The fourth-order valence-corrected chi connectivity index (χ4v) is 4.60. The first kappa shape index (κ1) is 20.6. The number of carbonyl (C=O) groups excluding carboxylic acids is 2. The number of ether oxygens (including phenoxy) is 1. The summed E-state index contributed by atoms with van der Waals surface area (Å²) in [4.78, 5) is 31.6. The third-order valence-corrected chi connectivity index (χ3v) is 6.46. The van der Waals surface area contributed by atoms with Gasteiger partial charge in [0.15, 0.2) is 0 Å². The minimum Gasteiger partial charge on any atom is -0.378 e. The molecule has 0 atom stereocenters. The van der Waals surface area contributed by atoms with Crippen molar-refractivity contribution in [1.82, 2.24) is 15.6 Å². The minimum atomic E-state index is -0.354. The highest BCUT2D eigenvalue weighted by Crippen LogP contribution is 2.34. The summed E-state index contributed by atoms with van der Waals surface area (Å²) in [6.07, 6.45) is 1.75. The fourth-order valence-electron chi connectivity index (χ4n) is 3.16. The second-order valence-corrected chi connectivity index (χ2v) is 8.25. The first-order valence-electron chi connectivity index (χ1n) is 9.61. The van der Waals surface area contributed by atoms with Crippen LogP contribution in [0.2, 0.25) is 5.02 Å². The maximum absolute atomic E-state index is 12.4. The summed E-state index contributed by atoms with van der Waals surface area (Å²) >= 11 is 7.62. The molecule has 2 amide bonds. The Hall–Kier alpha value is -2.68. The van der Waals surface area contributed by atoms with Crippen LogP contribution in [0.1, 0.15) is 15.2 Å². The normalized spacial score (nSPS) is 14.0. The van der Waals surface area contributed by atoms with E-state index in [2.05, 4.69) is 20.5 Å². The van der Waals surface area contributed by atoms with E-state index in [1.807, 2.05) is 36.4 Å². The van der Waals surface area contributed by atoms with Crippen LogP contribution in [0.5, 0.6) is 0 Å². The topological polar surface area (TPSA) is 83.6 Å². The van der Waals surface area contributed by atoms with E-state index in [0.717, 1.165) is 34.6 Å². The van der Waals surface area contributed by atoms with E-state index in [4.69, 9.17) is 16.3 Å². The van der Waals surface area contributed by atoms with Crippen LogP contribution in [-0.4, -0.2) is 49.6 Å². The number of benzene rings is 1.